The van der Waals surface area contributed by atoms with Crippen LogP contribution in [0.4, 0.5) is 0 Å². The average Bonchev–Trinajstić information content (AvgIpc) is 2.03. The number of hydrogen-bond acceptors (Lipinski definition) is 5. The van der Waals surface area contributed by atoms with Crippen molar-refractivity contribution in [3.63, 3.8) is 0 Å². The lowest BCUT2D eigenvalue weighted by atomic mass is 10.2. The molecule has 0 spiro atoms. The summed E-state index contributed by atoms with van der Waals surface area (Å²) in [5.74, 6) is 1.73. The fourth-order valence-electron chi connectivity index (χ4n) is 0.727. The van der Waals surface area contributed by atoms with Crippen LogP contribution < -0.4 is 0 Å². The number of rotatable bonds is 6. The molecule has 0 nitrogen and oxygen atoms in total. The molecule has 0 saturated heterocycles. The minimum atomic E-state index is 0.364. The number of thiol groups is 4. The lowest BCUT2D eigenvalue weighted by molar-refractivity contribution is 0.830. The van der Waals surface area contributed by atoms with Crippen molar-refractivity contribution in [2.75, 3.05) is 16.6 Å². The van der Waals surface area contributed by atoms with Gasteiger partial charge in [-0.2, -0.15) is 50.5 Å². The first-order chi connectivity index (χ1) is 5.26. The van der Waals surface area contributed by atoms with Gasteiger partial charge in [0.25, 0.3) is 0 Å². The summed E-state index contributed by atoms with van der Waals surface area (Å²) in [5, 5.41) is 1.76. The molecule has 0 aliphatic rings. The predicted octanol–water partition coefficient (Wildman–Crippen LogP) is 2.52. The van der Waals surface area contributed by atoms with Gasteiger partial charge in [0.05, 0.1) is 0 Å². The van der Waals surface area contributed by atoms with Crippen LogP contribution in [0.1, 0.15) is 6.42 Å². The Morgan fingerprint density at radius 2 is 1.82 bits per heavy atom. The van der Waals surface area contributed by atoms with Crippen molar-refractivity contribution in [3.8, 4) is 0 Å². The molecule has 0 rings (SSSR count). The molecule has 0 aromatic rings. The van der Waals surface area contributed by atoms with E-state index >= 15 is 0 Å². The zero-order chi connectivity index (χ0) is 8.69. The van der Waals surface area contributed by atoms with Crippen LogP contribution in [-0.2, 0) is 0 Å². The fourth-order valence-corrected chi connectivity index (χ4v) is 3.35. The van der Waals surface area contributed by atoms with Crippen LogP contribution in [0.3, 0.4) is 0 Å². The minimum Gasteiger partial charge on any atom is -0.179 e. The summed E-state index contributed by atoms with van der Waals surface area (Å²) in [6.45, 7) is 0. The summed E-state index contributed by atoms with van der Waals surface area (Å²) in [6.07, 6.45) is 1.09. The van der Waals surface area contributed by atoms with E-state index in [0.717, 1.165) is 23.0 Å². The summed E-state index contributed by atoms with van der Waals surface area (Å²) in [5.41, 5.74) is 0. The molecule has 11 heavy (non-hydrogen) atoms. The zero-order valence-electron chi connectivity index (χ0n) is 6.18. The third kappa shape index (κ3) is 5.91. The van der Waals surface area contributed by atoms with Gasteiger partial charge in [-0.15, -0.1) is 11.8 Å². The van der Waals surface area contributed by atoms with Crippen molar-refractivity contribution in [2.45, 2.75) is 16.9 Å². The topological polar surface area (TPSA) is 0 Å². The molecule has 2 atom stereocenters. The second-order valence-electron chi connectivity index (χ2n) is 2.10. The molecule has 5 heteroatoms. The molecule has 0 aromatic heterocycles. The first kappa shape index (κ1) is 12.8. The standard InChI is InChI=1S/C6H14S5/c7-2-1-6(11-4-9)5(10)3-8/h5-10H,1-4H2. The van der Waals surface area contributed by atoms with Gasteiger partial charge in [-0.3, -0.25) is 0 Å². The molecular formula is C6H14S5. The highest BCUT2D eigenvalue weighted by molar-refractivity contribution is 8.10. The quantitative estimate of drug-likeness (QED) is 0.413. The van der Waals surface area contributed by atoms with E-state index in [-0.39, 0.29) is 0 Å². The van der Waals surface area contributed by atoms with E-state index in [1.54, 1.807) is 0 Å². The minimum absolute atomic E-state index is 0.364. The van der Waals surface area contributed by atoms with Crippen molar-refractivity contribution >= 4 is 62.3 Å². The molecule has 68 valence electrons. The molecule has 0 aliphatic heterocycles. The predicted molar refractivity (Wildman–Crippen MR) is 70.3 cm³/mol. The largest absolute Gasteiger partial charge is 0.179 e. The highest BCUT2D eigenvalue weighted by Crippen LogP contribution is 2.23. The van der Waals surface area contributed by atoms with E-state index < -0.39 is 0 Å². The van der Waals surface area contributed by atoms with Crippen molar-refractivity contribution in [3.05, 3.63) is 0 Å². The van der Waals surface area contributed by atoms with Crippen molar-refractivity contribution < 1.29 is 0 Å². The average molecular weight is 247 g/mol. The Morgan fingerprint density at radius 1 is 1.18 bits per heavy atom. The van der Waals surface area contributed by atoms with Crippen molar-refractivity contribution in [1.82, 2.24) is 0 Å². The van der Waals surface area contributed by atoms with Crippen molar-refractivity contribution in [2.24, 2.45) is 0 Å². The summed E-state index contributed by atoms with van der Waals surface area (Å²) < 4.78 is 0. The van der Waals surface area contributed by atoms with Gasteiger partial charge in [0, 0.05) is 21.3 Å². The molecule has 0 aromatic carbocycles. The number of hydrogen-bond donors (Lipinski definition) is 4. The van der Waals surface area contributed by atoms with Gasteiger partial charge in [0.1, 0.15) is 0 Å². The highest BCUT2D eigenvalue weighted by atomic mass is 32.2. The Labute approximate surface area is 95.3 Å². The summed E-state index contributed by atoms with van der Waals surface area (Å²) in [7, 11) is 0. The Bertz CT molecular complexity index is 81.0. The van der Waals surface area contributed by atoms with Crippen LogP contribution in [0, 0.1) is 0 Å². The molecular weight excluding hydrogens is 232 g/mol. The molecule has 0 aliphatic carbocycles. The van der Waals surface area contributed by atoms with E-state index in [1.165, 1.54) is 0 Å². The molecule has 0 bridgehead atoms. The summed E-state index contributed by atoms with van der Waals surface area (Å²) in [4.78, 5) is 0. The van der Waals surface area contributed by atoms with E-state index in [4.69, 9.17) is 0 Å². The van der Waals surface area contributed by atoms with Crippen LogP contribution in [0.25, 0.3) is 0 Å². The normalized spacial score (nSPS) is 16.4. The Kier molecular flexibility index (Phi) is 9.68. The molecule has 0 heterocycles. The molecule has 0 N–H and O–H groups in total. The van der Waals surface area contributed by atoms with E-state index in [9.17, 15) is 0 Å². The second kappa shape index (κ2) is 8.35. The van der Waals surface area contributed by atoms with Gasteiger partial charge in [0.2, 0.25) is 0 Å². The van der Waals surface area contributed by atoms with Crippen LogP contribution in [0.15, 0.2) is 0 Å². The SMILES string of the molecule is SCCC(SCS)C(S)CS. The summed E-state index contributed by atoms with van der Waals surface area (Å²) >= 11 is 18.8. The molecule has 0 saturated carbocycles. The molecule has 2 unspecified atom stereocenters. The number of thioether (sulfide) groups is 1. The van der Waals surface area contributed by atoms with E-state index in [1.807, 2.05) is 11.8 Å². The van der Waals surface area contributed by atoms with Crippen LogP contribution in [-0.4, -0.2) is 27.1 Å². The highest BCUT2D eigenvalue weighted by Gasteiger charge is 2.15. The Hall–Kier alpha value is 1.75. The van der Waals surface area contributed by atoms with E-state index in [0.29, 0.717) is 10.5 Å². The monoisotopic (exact) mass is 246 g/mol. The van der Waals surface area contributed by atoms with Crippen LogP contribution >= 0.6 is 62.3 Å². The van der Waals surface area contributed by atoms with Crippen LogP contribution in [0.2, 0.25) is 0 Å². The second-order valence-corrected chi connectivity index (χ2v) is 5.54. The van der Waals surface area contributed by atoms with Gasteiger partial charge in [0.15, 0.2) is 0 Å². The summed E-state index contributed by atoms with van der Waals surface area (Å²) in [6, 6.07) is 0. The lowest BCUT2D eigenvalue weighted by Crippen LogP contribution is -2.20. The third-order valence-corrected chi connectivity index (χ3v) is 4.59. The molecule has 0 amide bonds. The Balaban J connectivity index is 3.66. The maximum Gasteiger partial charge on any atom is 0.0365 e. The van der Waals surface area contributed by atoms with Crippen molar-refractivity contribution in [1.29, 1.82) is 0 Å². The van der Waals surface area contributed by atoms with Crippen LogP contribution in [0.5, 0.6) is 0 Å². The van der Waals surface area contributed by atoms with Gasteiger partial charge in [-0.25, -0.2) is 0 Å². The fraction of sp³-hybridized carbons (Fsp3) is 1.00. The Morgan fingerprint density at radius 3 is 2.18 bits per heavy atom. The van der Waals surface area contributed by atoms with E-state index in [2.05, 4.69) is 50.5 Å². The molecule has 0 radical (unpaired) electrons. The third-order valence-electron chi connectivity index (χ3n) is 1.32. The first-order valence-electron chi connectivity index (χ1n) is 3.38. The maximum absolute atomic E-state index is 4.43. The first-order valence-corrected chi connectivity index (χ1v) is 6.84. The molecule has 0 fully saturated rings. The lowest BCUT2D eigenvalue weighted by Gasteiger charge is -2.19. The van der Waals surface area contributed by atoms with Gasteiger partial charge in [-0.1, -0.05) is 0 Å². The van der Waals surface area contributed by atoms with Gasteiger partial charge in [-0.05, 0) is 12.2 Å². The smallest absolute Gasteiger partial charge is 0.0365 e. The van der Waals surface area contributed by atoms with Gasteiger partial charge >= 0.3 is 0 Å². The zero-order valence-corrected chi connectivity index (χ0v) is 10.6. The maximum atomic E-state index is 4.43. The van der Waals surface area contributed by atoms with Gasteiger partial charge < -0.3 is 0 Å².